The van der Waals surface area contributed by atoms with Crippen molar-refractivity contribution in [3.63, 3.8) is 0 Å². The van der Waals surface area contributed by atoms with Crippen LogP contribution in [0, 0.1) is 52.3 Å². The summed E-state index contributed by atoms with van der Waals surface area (Å²) in [5.41, 5.74) is -0.227. The molecular weight excluding hydrogens is 404 g/mol. The van der Waals surface area contributed by atoms with Crippen molar-refractivity contribution in [1.29, 1.82) is 0 Å². The minimum Gasteiger partial charge on any atom is -0.393 e. The molecule has 0 aromatic rings. The normalized spacial score (nSPS) is 61.8. The van der Waals surface area contributed by atoms with Gasteiger partial charge in [0.1, 0.15) is 11.9 Å². The number of aliphatic hydroxyl groups excluding tert-OH is 1. The van der Waals surface area contributed by atoms with Gasteiger partial charge in [0.15, 0.2) is 5.79 Å². The van der Waals surface area contributed by atoms with Gasteiger partial charge in [0.25, 0.3) is 0 Å². The molecule has 32 heavy (non-hydrogen) atoms. The van der Waals surface area contributed by atoms with Crippen molar-refractivity contribution >= 4 is 5.78 Å². The van der Waals surface area contributed by atoms with E-state index >= 15 is 0 Å². The molecule has 4 aliphatic carbocycles. The molecule has 0 spiro atoms. The lowest BCUT2D eigenvalue weighted by Gasteiger charge is -2.60. The zero-order valence-corrected chi connectivity index (χ0v) is 20.3. The van der Waals surface area contributed by atoms with E-state index in [1.54, 1.807) is 0 Å². The third-order valence-electron chi connectivity index (χ3n) is 11.8. The van der Waals surface area contributed by atoms with Crippen LogP contribution in [0.5, 0.6) is 0 Å². The topological polar surface area (TPSA) is 76.0 Å². The first-order chi connectivity index (χ1) is 15.1. The van der Waals surface area contributed by atoms with Crippen molar-refractivity contribution in [2.45, 2.75) is 103 Å². The molecule has 5 nitrogen and oxygen atoms in total. The van der Waals surface area contributed by atoms with E-state index in [1.807, 2.05) is 0 Å². The highest BCUT2D eigenvalue weighted by Gasteiger charge is 2.72. The second-order valence-corrected chi connectivity index (χ2v) is 13.1. The van der Waals surface area contributed by atoms with Gasteiger partial charge in [0.05, 0.1) is 12.2 Å². The number of hydrogen-bond acceptors (Lipinski definition) is 5. The first kappa shape index (κ1) is 22.0. The number of ketones is 1. The Hall–Kier alpha value is -0.490. The fourth-order valence-corrected chi connectivity index (χ4v) is 10.00. The average Bonchev–Trinajstić information content (AvgIpc) is 3.38. The Morgan fingerprint density at radius 1 is 1.03 bits per heavy atom. The molecule has 0 amide bonds. The highest BCUT2D eigenvalue weighted by molar-refractivity contribution is 5.87. The molecule has 6 aliphatic rings. The fourth-order valence-electron chi connectivity index (χ4n) is 10.00. The Labute approximate surface area is 192 Å². The Kier molecular flexibility index (Phi) is 4.83. The number of carbonyl (C=O) groups excluding carboxylic acids is 1. The van der Waals surface area contributed by atoms with Gasteiger partial charge in [-0.25, -0.2) is 0 Å². The number of aliphatic hydroxyl groups is 2. The lowest BCUT2D eigenvalue weighted by Crippen LogP contribution is -2.58. The van der Waals surface area contributed by atoms with Crippen LogP contribution in [-0.2, 0) is 14.3 Å². The summed E-state index contributed by atoms with van der Waals surface area (Å²) in [6.07, 6.45) is 7.09. The minimum absolute atomic E-state index is 0.0501. The summed E-state index contributed by atoms with van der Waals surface area (Å²) in [7, 11) is 0. The summed E-state index contributed by atoms with van der Waals surface area (Å²) >= 11 is 0. The van der Waals surface area contributed by atoms with Crippen LogP contribution in [-0.4, -0.2) is 46.7 Å². The van der Waals surface area contributed by atoms with Crippen LogP contribution in [0.15, 0.2) is 0 Å². The van der Waals surface area contributed by atoms with Crippen molar-refractivity contribution in [2.24, 2.45) is 52.3 Å². The van der Waals surface area contributed by atoms with E-state index < -0.39 is 11.2 Å². The van der Waals surface area contributed by atoms with Crippen molar-refractivity contribution in [3.05, 3.63) is 0 Å². The molecule has 4 saturated carbocycles. The molecule has 6 fully saturated rings. The van der Waals surface area contributed by atoms with Gasteiger partial charge in [0, 0.05) is 30.3 Å². The quantitative estimate of drug-likeness (QED) is 0.638. The van der Waals surface area contributed by atoms with Gasteiger partial charge >= 0.3 is 0 Å². The molecule has 6 rings (SSSR count). The maximum Gasteiger partial charge on any atom is 0.195 e. The van der Waals surface area contributed by atoms with Crippen molar-refractivity contribution in [3.8, 4) is 0 Å². The first-order valence-electron chi connectivity index (χ1n) is 13.3. The molecule has 2 N–H and O–H groups in total. The summed E-state index contributed by atoms with van der Waals surface area (Å²) < 4.78 is 12.5. The maximum absolute atomic E-state index is 14.0. The van der Waals surface area contributed by atoms with E-state index in [0.717, 1.165) is 32.1 Å². The molecule has 0 bridgehead atoms. The van der Waals surface area contributed by atoms with Gasteiger partial charge in [-0.05, 0) is 80.0 Å². The predicted octanol–water partition coefficient (Wildman–Crippen LogP) is 3.94. The first-order valence-corrected chi connectivity index (χ1v) is 13.3. The number of ether oxygens (including phenoxy) is 2. The van der Waals surface area contributed by atoms with Gasteiger partial charge < -0.3 is 19.7 Å². The second-order valence-electron chi connectivity index (χ2n) is 13.1. The minimum atomic E-state index is -1.27. The van der Waals surface area contributed by atoms with Crippen LogP contribution in [0.4, 0.5) is 0 Å². The fraction of sp³-hybridized carbons (Fsp3) is 0.963. The van der Waals surface area contributed by atoms with Crippen molar-refractivity contribution in [1.82, 2.24) is 0 Å². The van der Waals surface area contributed by atoms with Crippen molar-refractivity contribution < 1.29 is 24.5 Å². The highest BCUT2D eigenvalue weighted by Crippen LogP contribution is 2.70. The van der Waals surface area contributed by atoms with E-state index in [4.69, 9.17) is 9.47 Å². The number of hydrogen-bond donors (Lipinski definition) is 2. The number of Topliss-reactive ketones (excluding diaryl/α,β-unsaturated/α-hetero) is 1. The van der Waals surface area contributed by atoms with Gasteiger partial charge in [-0.2, -0.15) is 0 Å². The zero-order valence-electron chi connectivity index (χ0n) is 20.3. The van der Waals surface area contributed by atoms with Crippen LogP contribution in [0.25, 0.3) is 0 Å². The van der Waals surface area contributed by atoms with Gasteiger partial charge in [0.2, 0.25) is 0 Å². The van der Waals surface area contributed by atoms with Crippen LogP contribution < -0.4 is 0 Å². The maximum atomic E-state index is 14.0. The number of rotatable bonds is 1. The third-order valence-corrected chi connectivity index (χ3v) is 11.8. The van der Waals surface area contributed by atoms with E-state index in [0.29, 0.717) is 48.4 Å². The molecule has 180 valence electrons. The van der Waals surface area contributed by atoms with Gasteiger partial charge in [-0.15, -0.1) is 0 Å². The Bertz CT molecular complexity index is 799. The molecule has 5 heteroatoms. The van der Waals surface area contributed by atoms with Gasteiger partial charge in [-0.1, -0.05) is 27.7 Å². The smallest absolute Gasteiger partial charge is 0.195 e. The second kappa shape index (κ2) is 7.02. The Morgan fingerprint density at radius 3 is 2.53 bits per heavy atom. The van der Waals surface area contributed by atoms with E-state index in [1.165, 1.54) is 12.8 Å². The van der Waals surface area contributed by atoms with Gasteiger partial charge in [-0.3, -0.25) is 4.79 Å². The highest BCUT2D eigenvalue weighted by atomic mass is 16.7. The van der Waals surface area contributed by atoms with Crippen LogP contribution >= 0.6 is 0 Å². The molecule has 0 radical (unpaired) electrons. The van der Waals surface area contributed by atoms with Crippen LogP contribution in [0.1, 0.15) is 79.1 Å². The monoisotopic (exact) mass is 446 g/mol. The number of carbonyl (C=O) groups is 1. The summed E-state index contributed by atoms with van der Waals surface area (Å²) in [6, 6.07) is 0. The van der Waals surface area contributed by atoms with Crippen LogP contribution in [0.3, 0.4) is 0 Å². The zero-order chi connectivity index (χ0) is 22.6. The molecule has 0 aromatic heterocycles. The summed E-state index contributed by atoms with van der Waals surface area (Å²) in [4.78, 5) is 14.0. The average molecular weight is 447 g/mol. The van der Waals surface area contributed by atoms with Crippen molar-refractivity contribution in [2.75, 3.05) is 6.61 Å². The van der Waals surface area contributed by atoms with E-state index in [-0.39, 0.29) is 35.6 Å². The molecule has 0 unspecified atom stereocenters. The molecule has 13 atom stereocenters. The van der Waals surface area contributed by atoms with Crippen LogP contribution in [0.2, 0.25) is 0 Å². The van der Waals surface area contributed by atoms with E-state index in [2.05, 4.69) is 27.7 Å². The lowest BCUT2D eigenvalue weighted by atomic mass is 9.44. The Balaban J connectivity index is 1.30. The van der Waals surface area contributed by atoms with E-state index in [9.17, 15) is 15.0 Å². The predicted molar refractivity (Wildman–Crippen MR) is 120 cm³/mol. The SMILES string of the molecule is C[C@H]1CO[C@H]([C@@]2(O)O[C@H]3C[C@H]4[C@@H]5CC[C@H]6C[C@@H](O)CC[C@]6(C)[C@H]5CC(=O)[C@]4(C)[C@H]3[C@@H]2C)C1. The largest absolute Gasteiger partial charge is 0.393 e. The number of fused-ring (bicyclic) bond motifs is 7. The lowest BCUT2D eigenvalue weighted by molar-refractivity contribution is -0.266. The Morgan fingerprint density at radius 2 is 1.81 bits per heavy atom. The molecule has 0 aromatic carbocycles. The standard InChI is InChI=1S/C27H42O5/c1-14-9-23(31-13-14)27(30)15(2)24-21(32-27)11-20-18-6-5-16-10-17(28)7-8-25(16,3)19(18)12-22(29)26(20,24)4/h14-21,23-24,28,30H,5-13H2,1-4H3/t14-,15+,16+,17+,18-,19+,20+,21+,23+,24+,25+,26-,27+/m1/s1. The molecular formula is C27H42O5. The third kappa shape index (κ3) is 2.69. The molecule has 2 heterocycles. The molecule has 2 saturated heterocycles. The summed E-state index contributed by atoms with van der Waals surface area (Å²) in [5.74, 6) is 1.44. The summed E-state index contributed by atoms with van der Waals surface area (Å²) in [6.45, 7) is 9.57. The molecule has 2 aliphatic heterocycles. The summed E-state index contributed by atoms with van der Waals surface area (Å²) in [5, 5.41) is 21.9.